The summed E-state index contributed by atoms with van der Waals surface area (Å²) in [6.07, 6.45) is 1.87. The number of hydrogen-bond acceptors (Lipinski definition) is 3. The Bertz CT molecular complexity index is 633. The fourth-order valence-corrected chi connectivity index (χ4v) is 3.04. The SMILES string of the molecule is Cl.Cl.Cn1ccc(C2CN(Cc3ccccc3)CC2C(=O)O)n1. The highest BCUT2D eigenvalue weighted by Crippen LogP contribution is 2.32. The zero-order valence-corrected chi connectivity index (χ0v) is 14.5. The molecule has 1 aliphatic rings. The minimum atomic E-state index is -0.735. The number of halogens is 2. The maximum Gasteiger partial charge on any atom is 0.308 e. The van der Waals surface area contributed by atoms with Gasteiger partial charge in [-0.3, -0.25) is 14.4 Å². The summed E-state index contributed by atoms with van der Waals surface area (Å²) >= 11 is 0. The van der Waals surface area contributed by atoms with Gasteiger partial charge in [-0.2, -0.15) is 5.10 Å². The van der Waals surface area contributed by atoms with Gasteiger partial charge in [0.25, 0.3) is 0 Å². The second-order valence-corrected chi connectivity index (χ2v) is 5.65. The van der Waals surface area contributed by atoms with Crippen LogP contribution < -0.4 is 0 Å². The summed E-state index contributed by atoms with van der Waals surface area (Å²) in [4.78, 5) is 13.7. The van der Waals surface area contributed by atoms with E-state index < -0.39 is 5.97 Å². The van der Waals surface area contributed by atoms with Crippen LogP contribution in [0.25, 0.3) is 0 Å². The highest BCUT2D eigenvalue weighted by Gasteiger charge is 2.39. The zero-order chi connectivity index (χ0) is 14.8. The first-order valence-corrected chi connectivity index (χ1v) is 7.12. The second-order valence-electron chi connectivity index (χ2n) is 5.65. The summed E-state index contributed by atoms with van der Waals surface area (Å²) in [6, 6.07) is 12.1. The first kappa shape index (κ1) is 19.5. The average Bonchev–Trinajstić information content (AvgIpc) is 3.06. The summed E-state index contributed by atoms with van der Waals surface area (Å²) in [6.45, 7) is 2.10. The molecule has 126 valence electrons. The van der Waals surface area contributed by atoms with Gasteiger partial charge in [0.1, 0.15) is 0 Å². The molecule has 2 heterocycles. The monoisotopic (exact) mass is 357 g/mol. The van der Waals surface area contributed by atoms with E-state index in [0.29, 0.717) is 6.54 Å². The minimum Gasteiger partial charge on any atom is -0.481 e. The van der Waals surface area contributed by atoms with Crippen molar-refractivity contribution in [2.45, 2.75) is 12.5 Å². The smallest absolute Gasteiger partial charge is 0.308 e. The predicted octanol–water partition coefficient (Wildman–Crippen LogP) is 2.56. The van der Waals surface area contributed by atoms with Crippen LogP contribution in [0, 0.1) is 5.92 Å². The Morgan fingerprint density at radius 3 is 2.48 bits per heavy atom. The zero-order valence-electron chi connectivity index (χ0n) is 12.8. The van der Waals surface area contributed by atoms with Crippen molar-refractivity contribution in [3.05, 3.63) is 53.9 Å². The Morgan fingerprint density at radius 2 is 1.91 bits per heavy atom. The molecule has 7 heteroatoms. The topological polar surface area (TPSA) is 58.4 Å². The number of nitrogens with zero attached hydrogens (tertiary/aromatic N) is 3. The molecule has 23 heavy (non-hydrogen) atoms. The molecule has 0 aliphatic carbocycles. The largest absolute Gasteiger partial charge is 0.481 e. The number of rotatable bonds is 4. The number of carboxylic acid groups (broad SMARTS) is 1. The van der Waals surface area contributed by atoms with Crippen LogP contribution in [0.15, 0.2) is 42.6 Å². The first-order chi connectivity index (χ1) is 10.1. The maximum atomic E-state index is 11.5. The molecule has 1 aliphatic heterocycles. The molecule has 0 saturated carbocycles. The Labute approximate surface area is 148 Å². The second kappa shape index (κ2) is 8.34. The van der Waals surface area contributed by atoms with Gasteiger partial charge in [-0.05, 0) is 11.6 Å². The van der Waals surface area contributed by atoms with E-state index in [1.165, 1.54) is 5.56 Å². The molecule has 0 amide bonds. The van der Waals surface area contributed by atoms with Crippen LogP contribution in [0.5, 0.6) is 0 Å². The molecule has 2 aromatic rings. The molecule has 1 N–H and O–H groups in total. The fraction of sp³-hybridized carbons (Fsp3) is 0.375. The molecule has 3 rings (SSSR count). The third-order valence-corrected chi connectivity index (χ3v) is 4.08. The van der Waals surface area contributed by atoms with Crippen LogP contribution in [0.3, 0.4) is 0 Å². The number of aliphatic carboxylic acids is 1. The summed E-state index contributed by atoms with van der Waals surface area (Å²) in [7, 11) is 1.86. The molecule has 0 radical (unpaired) electrons. The van der Waals surface area contributed by atoms with E-state index in [9.17, 15) is 9.90 Å². The molecule has 2 atom stereocenters. The Morgan fingerprint density at radius 1 is 1.22 bits per heavy atom. The fourth-order valence-electron chi connectivity index (χ4n) is 3.04. The Hall–Kier alpha value is -1.56. The van der Waals surface area contributed by atoms with Gasteiger partial charge in [0.2, 0.25) is 0 Å². The van der Waals surface area contributed by atoms with E-state index >= 15 is 0 Å². The molecule has 5 nitrogen and oxygen atoms in total. The third-order valence-electron chi connectivity index (χ3n) is 4.08. The van der Waals surface area contributed by atoms with E-state index in [2.05, 4.69) is 22.1 Å². The molecule has 1 aromatic carbocycles. The van der Waals surface area contributed by atoms with E-state index in [0.717, 1.165) is 18.8 Å². The number of likely N-dealkylation sites (tertiary alicyclic amines) is 1. The van der Waals surface area contributed by atoms with Gasteiger partial charge in [0, 0.05) is 38.8 Å². The molecule has 1 saturated heterocycles. The van der Waals surface area contributed by atoms with Crippen LogP contribution in [-0.4, -0.2) is 38.8 Å². The highest BCUT2D eigenvalue weighted by molar-refractivity contribution is 5.85. The van der Waals surface area contributed by atoms with Gasteiger partial charge in [-0.15, -0.1) is 24.8 Å². The standard InChI is InChI=1S/C16H19N3O2.2ClH/c1-18-8-7-15(17-18)13-10-19(11-14(13)16(20)21)9-12-5-3-2-4-6-12;;/h2-8,13-14H,9-11H2,1H3,(H,20,21);2*1H. The number of benzene rings is 1. The van der Waals surface area contributed by atoms with Crippen molar-refractivity contribution >= 4 is 30.8 Å². The lowest BCUT2D eigenvalue weighted by molar-refractivity contribution is -0.141. The molecule has 0 bridgehead atoms. The van der Waals surface area contributed by atoms with E-state index in [1.54, 1.807) is 4.68 Å². The van der Waals surface area contributed by atoms with Crippen molar-refractivity contribution in [3.8, 4) is 0 Å². The summed E-state index contributed by atoms with van der Waals surface area (Å²) in [5, 5.41) is 13.9. The number of hydrogen-bond donors (Lipinski definition) is 1. The maximum absolute atomic E-state index is 11.5. The number of carbonyl (C=O) groups is 1. The Kier molecular flexibility index (Phi) is 7.06. The average molecular weight is 358 g/mol. The van der Waals surface area contributed by atoms with Gasteiger partial charge >= 0.3 is 5.97 Å². The molecule has 1 fully saturated rings. The van der Waals surface area contributed by atoms with E-state index in [-0.39, 0.29) is 36.6 Å². The lowest BCUT2D eigenvalue weighted by Crippen LogP contribution is -2.23. The minimum absolute atomic E-state index is 0. The van der Waals surface area contributed by atoms with Gasteiger partial charge in [-0.1, -0.05) is 30.3 Å². The van der Waals surface area contributed by atoms with Gasteiger partial charge < -0.3 is 5.11 Å². The van der Waals surface area contributed by atoms with E-state index in [1.807, 2.05) is 37.5 Å². The van der Waals surface area contributed by atoms with Crippen LogP contribution in [-0.2, 0) is 18.4 Å². The quantitative estimate of drug-likeness (QED) is 0.913. The number of aryl methyl sites for hydroxylation is 1. The molecule has 2 unspecified atom stereocenters. The van der Waals surface area contributed by atoms with Gasteiger partial charge in [0.15, 0.2) is 0 Å². The number of carboxylic acids is 1. The summed E-state index contributed by atoms with van der Waals surface area (Å²) in [5.74, 6) is -1.16. The van der Waals surface area contributed by atoms with Crippen molar-refractivity contribution in [3.63, 3.8) is 0 Å². The highest BCUT2D eigenvalue weighted by atomic mass is 35.5. The van der Waals surface area contributed by atoms with E-state index in [4.69, 9.17) is 0 Å². The first-order valence-electron chi connectivity index (χ1n) is 7.12. The van der Waals surface area contributed by atoms with Crippen molar-refractivity contribution in [2.75, 3.05) is 13.1 Å². The normalized spacial score (nSPS) is 20.6. The van der Waals surface area contributed by atoms with Gasteiger partial charge in [-0.25, -0.2) is 0 Å². The summed E-state index contributed by atoms with van der Waals surface area (Å²) in [5.41, 5.74) is 2.09. The van der Waals surface area contributed by atoms with Crippen LogP contribution in [0.2, 0.25) is 0 Å². The molecular formula is C16H21Cl2N3O2. The molecular weight excluding hydrogens is 337 g/mol. The van der Waals surface area contributed by atoms with Crippen LogP contribution in [0.4, 0.5) is 0 Å². The molecule has 1 aromatic heterocycles. The summed E-state index contributed by atoms with van der Waals surface area (Å²) < 4.78 is 1.73. The predicted molar refractivity (Wildman–Crippen MR) is 93.3 cm³/mol. The van der Waals surface area contributed by atoms with Crippen molar-refractivity contribution in [2.24, 2.45) is 13.0 Å². The lowest BCUT2D eigenvalue weighted by atomic mass is 9.93. The number of aromatic nitrogens is 2. The van der Waals surface area contributed by atoms with Crippen LogP contribution >= 0.6 is 24.8 Å². The molecule has 0 spiro atoms. The van der Waals surface area contributed by atoms with Crippen molar-refractivity contribution in [1.29, 1.82) is 0 Å². The lowest BCUT2D eigenvalue weighted by Gasteiger charge is -2.15. The van der Waals surface area contributed by atoms with Crippen LogP contribution in [0.1, 0.15) is 17.2 Å². The van der Waals surface area contributed by atoms with Gasteiger partial charge in [0.05, 0.1) is 11.6 Å². The van der Waals surface area contributed by atoms with Crippen molar-refractivity contribution < 1.29 is 9.90 Å². The van der Waals surface area contributed by atoms with Crippen molar-refractivity contribution in [1.82, 2.24) is 14.7 Å². The Balaban J connectivity index is 0.00000132. The third kappa shape index (κ3) is 4.47.